The van der Waals surface area contributed by atoms with E-state index in [1.165, 1.54) is 24.0 Å². The molecule has 2 unspecified atom stereocenters. The summed E-state index contributed by atoms with van der Waals surface area (Å²) >= 11 is 0. The van der Waals surface area contributed by atoms with Gasteiger partial charge < -0.3 is 14.9 Å². The van der Waals surface area contributed by atoms with E-state index in [2.05, 4.69) is 25.7 Å². The largest absolute Gasteiger partial charge is 0.504 e. The normalized spacial score (nSPS) is 40.3. The van der Waals surface area contributed by atoms with Gasteiger partial charge in [-0.2, -0.15) is 0 Å². The number of rotatable bonds is 2. The molecule has 1 saturated heterocycles. The van der Waals surface area contributed by atoms with Crippen molar-refractivity contribution in [1.29, 1.82) is 0 Å². The number of aromatic hydroxyl groups is 1. The van der Waals surface area contributed by atoms with Gasteiger partial charge in [0.2, 0.25) is 0 Å². The fourth-order valence-electron chi connectivity index (χ4n) is 6.62. The zero-order valence-corrected chi connectivity index (χ0v) is 16.1. The molecule has 4 nitrogen and oxygen atoms in total. The summed E-state index contributed by atoms with van der Waals surface area (Å²) in [5.74, 6) is 2.19. The van der Waals surface area contributed by atoms with Crippen LogP contribution in [0.2, 0.25) is 0 Å². The topological polar surface area (TPSA) is 52.9 Å². The molecule has 0 radical (unpaired) electrons. The highest BCUT2D eigenvalue weighted by Crippen LogP contribution is 2.61. The van der Waals surface area contributed by atoms with Gasteiger partial charge in [0.25, 0.3) is 0 Å². The van der Waals surface area contributed by atoms with Crippen molar-refractivity contribution in [2.45, 2.75) is 82.6 Å². The number of phenols is 1. The van der Waals surface area contributed by atoms with Crippen LogP contribution in [0.25, 0.3) is 0 Å². The van der Waals surface area contributed by atoms with Crippen molar-refractivity contribution in [3.8, 4) is 11.5 Å². The monoisotopic (exact) mass is 357 g/mol. The summed E-state index contributed by atoms with van der Waals surface area (Å²) in [5, 5.41) is 21.3. The number of aliphatic hydroxyl groups excluding tert-OH is 1. The summed E-state index contributed by atoms with van der Waals surface area (Å²) in [4.78, 5) is 2.72. The summed E-state index contributed by atoms with van der Waals surface area (Å²) in [5.41, 5.74) is 2.21. The number of ether oxygens (including phenoxy) is 1. The van der Waals surface area contributed by atoms with Gasteiger partial charge in [0, 0.05) is 23.1 Å². The van der Waals surface area contributed by atoms with Crippen LogP contribution in [0.15, 0.2) is 12.1 Å². The van der Waals surface area contributed by atoms with E-state index < -0.39 is 6.10 Å². The molecule has 3 fully saturated rings. The Kier molecular flexibility index (Phi) is 3.65. The molecule has 1 aromatic rings. The molecule has 1 aromatic carbocycles. The Hall–Kier alpha value is -1.26. The molecule has 1 spiro atoms. The molecule has 0 aromatic heterocycles. The van der Waals surface area contributed by atoms with Crippen molar-refractivity contribution >= 4 is 0 Å². The Balaban J connectivity index is 1.60. The predicted octanol–water partition coefficient (Wildman–Crippen LogP) is 3.36. The van der Waals surface area contributed by atoms with E-state index in [0.717, 1.165) is 31.7 Å². The van der Waals surface area contributed by atoms with Crippen molar-refractivity contribution < 1.29 is 14.9 Å². The van der Waals surface area contributed by atoms with Crippen LogP contribution in [0.3, 0.4) is 0 Å². The Morgan fingerprint density at radius 1 is 1.23 bits per heavy atom. The maximum atomic E-state index is 10.8. The summed E-state index contributed by atoms with van der Waals surface area (Å²) in [6.07, 6.45) is 4.92. The molecule has 2 aliphatic heterocycles. The molecule has 0 bridgehead atoms. The summed E-state index contributed by atoms with van der Waals surface area (Å²) in [6.45, 7) is 7.96. The van der Waals surface area contributed by atoms with E-state index in [-0.39, 0.29) is 17.3 Å². The number of fused-ring (bicyclic) bond motifs is 1. The molecular weight excluding hydrogens is 326 g/mol. The highest BCUT2D eigenvalue weighted by Gasteiger charge is 2.63. The number of benzene rings is 1. The Morgan fingerprint density at radius 3 is 2.73 bits per heavy atom. The van der Waals surface area contributed by atoms with E-state index in [1.54, 1.807) is 6.07 Å². The van der Waals surface area contributed by atoms with Gasteiger partial charge in [0.15, 0.2) is 11.5 Å². The van der Waals surface area contributed by atoms with Crippen molar-refractivity contribution in [2.24, 2.45) is 11.8 Å². The number of aliphatic hydroxyl groups is 1. The second-order valence-electron chi connectivity index (χ2n) is 9.24. The van der Waals surface area contributed by atoms with Crippen LogP contribution in [0, 0.1) is 18.8 Å². The summed E-state index contributed by atoms with van der Waals surface area (Å²) in [6, 6.07) is 4.87. The number of aryl methyl sites for hydroxylation is 1. The lowest BCUT2D eigenvalue weighted by atomic mass is 9.55. The average Bonchev–Trinajstić information content (AvgIpc) is 3.40. The first kappa shape index (κ1) is 16.9. The molecule has 0 amide bonds. The van der Waals surface area contributed by atoms with Gasteiger partial charge in [-0.1, -0.05) is 6.07 Å². The zero-order valence-electron chi connectivity index (χ0n) is 16.1. The zero-order chi connectivity index (χ0) is 18.2. The standard InChI is InChI=1S/C22H31NO3/c1-12-4-8-17(24)20-19(12)22-10-11-23(13(2)15-5-6-15)14(3)16(22)7-9-18(25)21(22)26-20/h4,8,13-16,18,21,24-25H,5-7,9-11H2,1-3H3/t13-,14-,16?,18?,21+,22+/m1/s1. The van der Waals surface area contributed by atoms with Crippen molar-refractivity contribution in [3.63, 3.8) is 0 Å². The second kappa shape index (κ2) is 5.62. The van der Waals surface area contributed by atoms with Gasteiger partial charge in [-0.3, -0.25) is 4.90 Å². The summed E-state index contributed by atoms with van der Waals surface area (Å²) < 4.78 is 6.28. The fraction of sp³-hybridized carbons (Fsp3) is 0.727. The van der Waals surface area contributed by atoms with Crippen molar-refractivity contribution in [1.82, 2.24) is 4.90 Å². The van der Waals surface area contributed by atoms with Gasteiger partial charge in [-0.15, -0.1) is 0 Å². The predicted molar refractivity (Wildman–Crippen MR) is 101 cm³/mol. The number of likely N-dealkylation sites (tertiary alicyclic amines) is 1. The van der Waals surface area contributed by atoms with Crippen LogP contribution >= 0.6 is 0 Å². The quantitative estimate of drug-likeness (QED) is 0.852. The number of hydrogen-bond acceptors (Lipinski definition) is 4. The first-order chi connectivity index (χ1) is 12.4. The first-order valence-electron chi connectivity index (χ1n) is 10.4. The lowest BCUT2D eigenvalue weighted by Crippen LogP contribution is -2.65. The molecular formula is C22H31NO3. The molecule has 142 valence electrons. The third kappa shape index (κ3) is 2.09. The number of hydrogen-bond donors (Lipinski definition) is 2. The lowest BCUT2D eigenvalue weighted by Gasteiger charge is -2.57. The van der Waals surface area contributed by atoms with E-state index >= 15 is 0 Å². The van der Waals surface area contributed by atoms with Crippen molar-refractivity contribution in [2.75, 3.05) is 6.54 Å². The maximum Gasteiger partial charge on any atom is 0.165 e. The highest BCUT2D eigenvalue weighted by atomic mass is 16.5. The van der Waals surface area contributed by atoms with Crippen LogP contribution in [-0.2, 0) is 5.41 Å². The Labute approximate surface area is 156 Å². The van der Waals surface area contributed by atoms with Crippen LogP contribution in [-0.4, -0.2) is 45.9 Å². The van der Waals surface area contributed by atoms with Gasteiger partial charge in [0.1, 0.15) is 6.10 Å². The Bertz CT molecular complexity index is 730. The molecule has 2 heterocycles. The van der Waals surface area contributed by atoms with Crippen LogP contribution in [0.4, 0.5) is 0 Å². The SMILES string of the molecule is Cc1ccc(O)c2c1[C@]13CCN([C@H](C)C4CC4)[C@H](C)C1CCC(O)[C@@H]3O2. The minimum absolute atomic E-state index is 0.158. The second-order valence-corrected chi connectivity index (χ2v) is 9.24. The minimum Gasteiger partial charge on any atom is -0.504 e. The van der Waals surface area contributed by atoms with E-state index in [0.29, 0.717) is 23.8 Å². The van der Waals surface area contributed by atoms with Gasteiger partial charge in [-0.25, -0.2) is 0 Å². The molecule has 5 rings (SSSR count). The first-order valence-corrected chi connectivity index (χ1v) is 10.4. The average molecular weight is 357 g/mol. The highest BCUT2D eigenvalue weighted by molar-refractivity contribution is 5.58. The fourth-order valence-corrected chi connectivity index (χ4v) is 6.62. The van der Waals surface area contributed by atoms with E-state index in [9.17, 15) is 10.2 Å². The Morgan fingerprint density at radius 2 is 2.00 bits per heavy atom. The minimum atomic E-state index is -0.447. The molecule has 26 heavy (non-hydrogen) atoms. The number of phenolic OH excluding ortho intramolecular Hbond substituents is 1. The molecule has 4 heteroatoms. The van der Waals surface area contributed by atoms with E-state index in [1.807, 2.05) is 6.07 Å². The van der Waals surface area contributed by atoms with Crippen LogP contribution < -0.4 is 4.74 Å². The maximum absolute atomic E-state index is 10.8. The number of piperidine rings is 1. The van der Waals surface area contributed by atoms with E-state index in [4.69, 9.17) is 4.74 Å². The summed E-state index contributed by atoms with van der Waals surface area (Å²) in [7, 11) is 0. The number of nitrogens with zero attached hydrogens (tertiary/aromatic N) is 1. The third-order valence-electron chi connectivity index (χ3n) is 8.06. The molecule has 2 aliphatic carbocycles. The smallest absolute Gasteiger partial charge is 0.165 e. The molecule has 4 aliphatic rings. The van der Waals surface area contributed by atoms with Gasteiger partial charge in [-0.05, 0) is 82.9 Å². The van der Waals surface area contributed by atoms with Gasteiger partial charge in [0.05, 0.1) is 6.10 Å². The van der Waals surface area contributed by atoms with Crippen LogP contribution in [0.5, 0.6) is 11.5 Å². The van der Waals surface area contributed by atoms with Crippen molar-refractivity contribution in [3.05, 3.63) is 23.3 Å². The molecule has 2 saturated carbocycles. The molecule has 6 atom stereocenters. The molecule has 2 N–H and O–H groups in total. The lowest BCUT2D eigenvalue weighted by molar-refractivity contribution is -0.104. The third-order valence-corrected chi connectivity index (χ3v) is 8.06. The van der Waals surface area contributed by atoms with Gasteiger partial charge >= 0.3 is 0 Å². The van der Waals surface area contributed by atoms with Crippen LogP contribution in [0.1, 0.15) is 57.1 Å².